The number of thiophene rings is 1. The molecule has 0 spiro atoms. The first-order valence-electron chi connectivity index (χ1n) is 18.2. The van der Waals surface area contributed by atoms with Crippen LogP contribution in [0, 0.1) is 6.92 Å². The van der Waals surface area contributed by atoms with E-state index in [9.17, 15) is 19.5 Å². The van der Waals surface area contributed by atoms with Crippen LogP contribution in [-0.4, -0.2) is 27.9 Å². The van der Waals surface area contributed by atoms with Crippen LogP contribution in [0.1, 0.15) is 146 Å². The van der Waals surface area contributed by atoms with Crippen LogP contribution in [0.2, 0.25) is 0 Å². The van der Waals surface area contributed by atoms with E-state index in [1.807, 2.05) is 13.0 Å². The van der Waals surface area contributed by atoms with Gasteiger partial charge >= 0.3 is 11.9 Å². The van der Waals surface area contributed by atoms with Crippen molar-refractivity contribution in [3.05, 3.63) is 129 Å². The number of ketones is 1. The van der Waals surface area contributed by atoms with Gasteiger partial charge in [0.1, 0.15) is 0 Å². The van der Waals surface area contributed by atoms with Gasteiger partial charge in [-0.05, 0) is 135 Å². The molecule has 52 heavy (non-hydrogen) atoms. The van der Waals surface area contributed by atoms with Gasteiger partial charge in [-0.3, -0.25) is 4.79 Å². The van der Waals surface area contributed by atoms with Crippen LogP contribution in [-0.2, 0) is 21.7 Å². The van der Waals surface area contributed by atoms with Gasteiger partial charge in [-0.2, -0.15) is 0 Å². The number of rotatable bonds is 5. The molecule has 2 aliphatic carbocycles. The number of aryl methyl sites for hydroxylation is 1. The predicted molar refractivity (Wildman–Crippen MR) is 213 cm³/mol. The molecule has 0 radical (unpaired) electrons. The maximum absolute atomic E-state index is 13.1. The van der Waals surface area contributed by atoms with E-state index < -0.39 is 11.9 Å². The lowest BCUT2D eigenvalue weighted by atomic mass is 9.62. The first kappa shape index (κ1) is 37.2. The summed E-state index contributed by atoms with van der Waals surface area (Å²) >= 11 is 1.67. The van der Waals surface area contributed by atoms with Gasteiger partial charge in [0.15, 0.2) is 5.78 Å². The van der Waals surface area contributed by atoms with Crippen LogP contribution < -0.4 is 0 Å². The Hall–Kier alpha value is -4.55. The van der Waals surface area contributed by atoms with Gasteiger partial charge in [0.2, 0.25) is 0 Å². The maximum Gasteiger partial charge on any atom is 0.335 e. The number of hydrogen-bond donors (Lipinski definition) is 2. The molecule has 2 aliphatic rings. The fourth-order valence-corrected chi connectivity index (χ4v) is 9.03. The number of carbonyl (C=O) groups excluding carboxylic acids is 1. The smallest absolute Gasteiger partial charge is 0.335 e. The molecule has 6 heteroatoms. The summed E-state index contributed by atoms with van der Waals surface area (Å²) in [5, 5.41) is 19.3. The first-order chi connectivity index (χ1) is 24.2. The Kier molecular flexibility index (Phi) is 9.40. The van der Waals surface area contributed by atoms with Crippen molar-refractivity contribution >= 4 is 39.1 Å². The summed E-state index contributed by atoms with van der Waals surface area (Å²) < 4.78 is 1.03. The Morgan fingerprint density at radius 1 is 0.538 bits per heavy atom. The van der Waals surface area contributed by atoms with Crippen molar-refractivity contribution in [2.24, 2.45) is 0 Å². The van der Waals surface area contributed by atoms with Crippen LogP contribution in [0.5, 0.6) is 0 Å². The van der Waals surface area contributed by atoms with Crippen molar-refractivity contribution in [3.8, 4) is 10.4 Å². The second kappa shape index (κ2) is 13.1. The van der Waals surface area contributed by atoms with E-state index in [4.69, 9.17) is 5.11 Å². The maximum atomic E-state index is 13.1. The van der Waals surface area contributed by atoms with E-state index in [0.29, 0.717) is 16.7 Å². The highest BCUT2D eigenvalue weighted by Crippen LogP contribution is 2.48. The molecule has 2 N–H and O–H groups in total. The molecular formula is C46H50O5S. The molecule has 0 saturated carbocycles. The zero-order valence-corrected chi connectivity index (χ0v) is 32.7. The highest BCUT2D eigenvalue weighted by Gasteiger charge is 2.39. The van der Waals surface area contributed by atoms with E-state index in [-0.39, 0.29) is 33.0 Å². The third kappa shape index (κ3) is 6.98. The van der Waals surface area contributed by atoms with Gasteiger partial charge in [0.05, 0.1) is 11.1 Å². The lowest BCUT2D eigenvalue weighted by molar-refractivity contribution is 0.0686. The third-order valence-electron chi connectivity index (χ3n) is 11.7. The molecule has 0 amide bonds. The Morgan fingerprint density at radius 2 is 1.02 bits per heavy atom. The topological polar surface area (TPSA) is 91.7 Å². The molecule has 0 bridgehead atoms. The molecule has 0 atom stereocenters. The lowest BCUT2D eigenvalue weighted by Crippen LogP contribution is -2.34. The molecule has 4 aromatic carbocycles. The van der Waals surface area contributed by atoms with Crippen LogP contribution in [0.3, 0.4) is 0 Å². The highest BCUT2D eigenvalue weighted by molar-refractivity contribution is 7.22. The molecule has 270 valence electrons. The highest BCUT2D eigenvalue weighted by atomic mass is 32.1. The standard InChI is InChI=1S/C23H26O3.C23H24O2S/c1-14-12-18-19(23(4,5)11-10-22(18,2)3)13-17(14)20(24)15-6-8-16(9-7-15)21(25)26;1-22(2)9-10-23(3,4)18-11-14(7-8-17(18)22)19-12-15-5-6-16(21(24)25)13-20(15)26-19/h6-9,12-13H,10-11H2,1-5H3,(H,25,26);5-8,11-13H,9-10H2,1-4H3,(H,24,25). The average molecular weight is 715 g/mol. The van der Waals surface area contributed by atoms with Crippen molar-refractivity contribution in [1.29, 1.82) is 0 Å². The van der Waals surface area contributed by atoms with Crippen molar-refractivity contribution in [1.82, 2.24) is 0 Å². The molecule has 0 saturated heterocycles. The van der Waals surface area contributed by atoms with Crippen LogP contribution >= 0.6 is 11.3 Å². The summed E-state index contributed by atoms with van der Waals surface area (Å²) in [4.78, 5) is 36.5. The minimum atomic E-state index is -0.988. The zero-order chi connectivity index (χ0) is 38.0. The summed E-state index contributed by atoms with van der Waals surface area (Å²) in [5.74, 6) is -1.92. The van der Waals surface area contributed by atoms with Crippen LogP contribution in [0.25, 0.3) is 20.5 Å². The molecule has 1 aromatic heterocycles. The summed E-state index contributed by atoms with van der Waals surface area (Å²) in [7, 11) is 0. The molecule has 1 heterocycles. The van der Waals surface area contributed by atoms with Gasteiger partial charge in [-0.15, -0.1) is 11.3 Å². The Labute approximate surface area is 311 Å². The number of carbonyl (C=O) groups is 3. The summed E-state index contributed by atoms with van der Waals surface area (Å²) in [6.07, 6.45) is 4.64. The number of carboxylic acid groups (broad SMARTS) is 2. The van der Waals surface area contributed by atoms with E-state index in [1.54, 1.807) is 35.6 Å². The minimum Gasteiger partial charge on any atom is -0.478 e. The van der Waals surface area contributed by atoms with E-state index in [1.165, 1.54) is 57.7 Å². The molecule has 0 unspecified atom stereocenters. The molecule has 5 aromatic rings. The number of carboxylic acids is 2. The number of hydrogen-bond acceptors (Lipinski definition) is 4. The fraction of sp³-hybridized carbons (Fsp3) is 0.370. The quantitative estimate of drug-likeness (QED) is 0.177. The van der Waals surface area contributed by atoms with Crippen molar-refractivity contribution < 1.29 is 24.6 Å². The SMILES string of the molecule is CC1(C)CCC(C)(C)c2cc(-c3cc4ccc(C(=O)O)cc4s3)ccc21.Cc1cc2c(cc1C(=O)c1ccc(C(=O)O)cc1)C(C)(C)CCC2(C)C. The van der Waals surface area contributed by atoms with Crippen LogP contribution in [0.15, 0.2) is 78.9 Å². The Morgan fingerprint density at radius 3 is 1.58 bits per heavy atom. The fourth-order valence-electron chi connectivity index (χ4n) is 7.93. The van der Waals surface area contributed by atoms with Gasteiger partial charge in [-0.25, -0.2) is 9.59 Å². The largest absolute Gasteiger partial charge is 0.478 e. The molecule has 0 aliphatic heterocycles. The van der Waals surface area contributed by atoms with Crippen molar-refractivity contribution in [3.63, 3.8) is 0 Å². The summed E-state index contributed by atoms with van der Waals surface area (Å²) in [6.45, 7) is 20.4. The van der Waals surface area contributed by atoms with Gasteiger partial charge < -0.3 is 10.2 Å². The monoisotopic (exact) mass is 714 g/mol. The first-order valence-corrected chi connectivity index (χ1v) is 19.0. The molecule has 0 fully saturated rings. The van der Waals surface area contributed by atoms with Gasteiger partial charge in [0.25, 0.3) is 0 Å². The van der Waals surface area contributed by atoms with Gasteiger partial charge in [0, 0.05) is 20.7 Å². The van der Waals surface area contributed by atoms with Crippen molar-refractivity contribution in [2.45, 2.75) is 110 Å². The number of benzene rings is 4. The summed E-state index contributed by atoms with van der Waals surface area (Å²) in [5.41, 5.74) is 10.0. The Balaban J connectivity index is 0.000000179. The third-order valence-corrected chi connectivity index (χ3v) is 12.9. The van der Waals surface area contributed by atoms with Crippen molar-refractivity contribution in [2.75, 3.05) is 0 Å². The van der Waals surface area contributed by atoms with E-state index >= 15 is 0 Å². The number of aromatic carboxylic acids is 2. The second-order valence-electron chi connectivity index (χ2n) is 17.4. The Bertz CT molecular complexity index is 2230. The van der Waals surface area contributed by atoms with E-state index in [2.05, 4.69) is 91.8 Å². The van der Waals surface area contributed by atoms with E-state index in [0.717, 1.165) is 28.5 Å². The molecular weight excluding hydrogens is 665 g/mol. The normalized spacial score (nSPS) is 17.6. The summed E-state index contributed by atoms with van der Waals surface area (Å²) in [6, 6.07) is 24.8. The number of fused-ring (bicyclic) bond motifs is 3. The van der Waals surface area contributed by atoms with Gasteiger partial charge in [-0.1, -0.05) is 91.8 Å². The minimum absolute atomic E-state index is 0.0424. The molecule has 7 rings (SSSR count). The van der Waals surface area contributed by atoms with Crippen LogP contribution in [0.4, 0.5) is 0 Å². The molecule has 5 nitrogen and oxygen atoms in total. The zero-order valence-electron chi connectivity index (χ0n) is 31.9. The average Bonchev–Trinajstić information content (AvgIpc) is 3.52. The predicted octanol–water partition coefficient (Wildman–Crippen LogP) is 11.9. The lowest BCUT2D eigenvalue weighted by Gasteiger charge is -2.42. The second-order valence-corrected chi connectivity index (χ2v) is 18.5.